The number of amides is 1. The highest BCUT2D eigenvalue weighted by Crippen LogP contribution is 2.19. The number of pyridine rings is 1. The van der Waals surface area contributed by atoms with Crippen LogP contribution in [0.2, 0.25) is 0 Å². The third kappa shape index (κ3) is 3.43. The molecule has 0 fully saturated rings. The van der Waals surface area contributed by atoms with E-state index in [1.807, 2.05) is 13.8 Å². The minimum Gasteiger partial charge on any atom is -0.494 e. The lowest BCUT2D eigenvalue weighted by molar-refractivity contribution is 0.0896. The molecule has 5 nitrogen and oxygen atoms in total. The molecule has 0 aliphatic carbocycles. The molecule has 1 aromatic rings. The Morgan fingerprint density at radius 2 is 2.33 bits per heavy atom. The predicted octanol–water partition coefficient (Wildman–Crippen LogP) is 1.34. The average Bonchev–Trinajstić information content (AvgIpc) is 2.38. The van der Waals surface area contributed by atoms with Gasteiger partial charge >= 0.3 is 0 Å². The van der Waals surface area contributed by atoms with E-state index in [0.717, 1.165) is 12.8 Å². The van der Waals surface area contributed by atoms with E-state index < -0.39 is 0 Å². The van der Waals surface area contributed by atoms with Gasteiger partial charge in [-0.15, -0.1) is 0 Å². The molecule has 18 heavy (non-hydrogen) atoms. The van der Waals surface area contributed by atoms with Gasteiger partial charge in [-0.1, -0.05) is 6.92 Å². The number of rotatable bonds is 6. The SMILES string of the molecule is CCC(C)(CCN)NC(=O)c1ccncc1OC. The standard InChI is InChI=1S/C13H21N3O2/c1-4-13(2,6-7-14)16-12(17)10-5-8-15-9-11(10)18-3/h5,8-9H,4,6-7,14H2,1-3H3,(H,16,17). The van der Waals surface area contributed by atoms with E-state index in [2.05, 4.69) is 10.3 Å². The van der Waals surface area contributed by atoms with Crippen LogP contribution in [0, 0.1) is 0 Å². The number of nitrogens with one attached hydrogen (secondary N) is 1. The molecule has 1 heterocycles. The van der Waals surface area contributed by atoms with Crippen molar-refractivity contribution in [1.29, 1.82) is 0 Å². The van der Waals surface area contributed by atoms with Crippen molar-refractivity contribution in [3.63, 3.8) is 0 Å². The Kier molecular flexibility index (Phi) is 5.09. The molecular formula is C13H21N3O2. The van der Waals surface area contributed by atoms with Crippen molar-refractivity contribution in [2.45, 2.75) is 32.2 Å². The molecule has 0 aliphatic rings. The van der Waals surface area contributed by atoms with E-state index in [1.54, 1.807) is 12.3 Å². The Labute approximate surface area is 108 Å². The second kappa shape index (κ2) is 6.35. The topological polar surface area (TPSA) is 77.2 Å². The molecule has 5 heteroatoms. The number of carbonyl (C=O) groups is 1. The summed E-state index contributed by atoms with van der Waals surface area (Å²) in [5.41, 5.74) is 5.77. The number of ether oxygens (including phenoxy) is 1. The van der Waals surface area contributed by atoms with Crippen molar-refractivity contribution in [3.8, 4) is 5.75 Å². The summed E-state index contributed by atoms with van der Waals surface area (Å²) in [7, 11) is 1.52. The van der Waals surface area contributed by atoms with E-state index in [0.29, 0.717) is 17.9 Å². The summed E-state index contributed by atoms with van der Waals surface area (Å²) in [6.07, 6.45) is 4.66. The maximum Gasteiger partial charge on any atom is 0.255 e. The summed E-state index contributed by atoms with van der Waals surface area (Å²) in [5, 5.41) is 3.01. The Morgan fingerprint density at radius 3 is 2.89 bits per heavy atom. The van der Waals surface area contributed by atoms with E-state index in [4.69, 9.17) is 10.5 Å². The second-order valence-electron chi connectivity index (χ2n) is 4.48. The molecule has 100 valence electrons. The lowest BCUT2D eigenvalue weighted by Gasteiger charge is -2.29. The Hall–Kier alpha value is -1.62. The van der Waals surface area contributed by atoms with Crippen LogP contribution in [0.25, 0.3) is 0 Å². The summed E-state index contributed by atoms with van der Waals surface area (Å²) < 4.78 is 5.13. The van der Waals surface area contributed by atoms with E-state index in [1.165, 1.54) is 13.3 Å². The van der Waals surface area contributed by atoms with Gasteiger partial charge in [0.15, 0.2) is 0 Å². The first-order chi connectivity index (χ1) is 8.56. The summed E-state index contributed by atoms with van der Waals surface area (Å²) in [5.74, 6) is 0.313. The molecule has 0 saturated carbocycles. The van der Waals surface area contributed by atoms with Gasteiger partial charge in [-0.3, -0.25) is 9.78 Å². The summed E-state index contributed by atoms with van der Waals surface area (Å²) in [6.45, 7) is 4.56. The molecule has 1 unspecified atom stereocenters. The zero-order chi connectivity index (χ0) is 13.6. The van der Waals surface area contributed by atoms with Crippen molar-refractivity contribution >= 4 is 5.91 Å². The fourth-order valence-electron chi connectivity index (χ4n) is 1.72. The van der Waals surface area contributed by atoms with Gasteiger partial charge < -0.3 is 15.8 Å². The third-order valence-electron chi connectivity index (χ3n) is 3.14. The number of nitrogens with two attached hydrogens (primary N) is 1. The molecule has 0 saturated heterocycles. The lowest BCUT2D eigenvalue weighted by atomic mass is 9.94. The molecule has 0 spiro atoms. The summed E-state index contributed by atoms with van der Waals surface area (Å²) >= 11 is 0. The van der Waals surface area contributed by atoms with Gasteiger partial charge in [-0.25, -0.2) is 0 Å². The van der Waals surface area contributed by atoms with Crippen LogP contribution in [0.1, 0.15) is 37.0 Å². The molecule has 3 N–H and O–H groups in total. The molecule has 0 bridgehead atoms. The minimum atomic E-state index is -0.292. The molecular weight excluding hydrogens is 230 g/mol. The summed E-state index contributed by atoms with van der Waals surface area (Å²) in [4.78, 5) is 16.1. The Bertz CT molecular complexity index is 409. The number of carbonyl (C=O) groups excluding carboxylic acids is 1. The molecule has 1 atom stereocenters. The maximum atomic E-state index is 12.2. The highest BCUT2D eigenvalue weighted by molar-refractivity contribution is 5.97. The third-order valence-corrected chi connectivity index (χ3v) is 3.14. The Balaban J connectivity index is 2.87. The maximum absolute atomic E-state index is 12.2. The van der Waals surface area contributed by atoms with Crippen molar-refractivity contribution in [2.75, 3.05) is 13.7 Å². The monoisotopic (exact) mass is 251 g/mol. The van der Waals surface area contributed by atoms with Gasteiger partial charge in [-0.05, 0) is 32.4 Å². The molecule has 0 aromatic carbocycles. The van der Waals surface area contributed by atoms with Gasteiger partial charge in [0, 0.05) is 11.7 Å². The number of aromatic nitrogens is 1. The number of nitrogens with zero attached hydrogens (tertiary/aromatic N) is 1. The fourth-order valence-corrected chi connectivity index (χ4v) is 1.72. The van der Waals surface area contributed by atoms with Crippen LogP contribution in [-0.2, 0) is 0 Å². The first-order valence-corrected chi connectivity index (χ1v) is 6.07. The van der Waals surface area contributed by atoms with E-state index in [9.17, 15) is 4.79 Å². The van der Waals surface area contributed by atoms with Crippen molar-refractivity contribution < 1.29 is 9.53 Å². The van der Waals surface area contributed by atoms with Gasteiger partial charge in [0.2, 0.25) is 0 Å². The van der Waals surface area contributed by atoms with Crippen LogP contribution in [0.3, 0.4) is 0 Å². The van der Waals surface area contributed by atoms with Crippen LogP contribution in [0.5, 0.6) is 5.75 Å². The first-order valence-electron chi connectivity index (χ1n) is 6.07. The van der Waals surface area contributed by atoms with E-state index >= 15 is 0 Å². The van der Waals surface area contributed by atoms with Crippen molar-refractivity contribution in [1.82, 2.24) is 10.3 Å². The molecule has 0 radical (unpaired) electrons. The van der Waals surface area contributed by atoms with Crippen LogP contribution < -0.4 is 15.8 Å². The Morgan fingerprint density at radius 1 is 1.61 bits per heavy atom. The van der Waals surface area contributed by atoms with Crippen LogP contribution in [-0.4, -0.2) is 30.1 Å². The smallest absolute Gasteiger partial charge is 0.255 e. The van der Waals surface area contributed by atoms with Crippen LogP contribution in [0.4, 0.5) is 0 Å². The zero-order valence-electron chi connectivity index (χ0n) is 11.2. The van der Waals surface area contributed by atoms with E-state index in [-0.39, 0.29) is 11.4 Å². The van der Waals surface area contributed by atoms with Crippen LogP contribution in [0.15, 0.2) is 18.5 Å². The highest BCUT2D eigenvalue weighted by atomic mass is 16.5. The highest BCUT2D eigenvalue weighted by Gasteiger charge is 2.25. The molecule has 1 rings (SSSR count). The number of hydrogen-bond donors (Lipinski definition) is 2. The molecule has 1 aromatic heterocycles. The fraction of sp³-hybridized carbons (Fsp3) is 0.538. The van der Waals surface area contributed by atoms with Gasteiger partial charge in [0.1, 0.15) is 5.75 Å². The first kappa shape index (κ1) is 14.4. The van der Waals surface area contributed by atoms with Gasteiger partial charge in [0.25, 0.3) is 5.91 Å². The van der Waals surface area contributed by atoms with Crippen molar-refractivity contribution in [3.05, 3.63) is 24.0 Å². The molecule has 0 aliphatic heterocycles. The van der Waals surface area contributed by atoms with Crippen LogP contribution >= 0.6 is 0 Å². The number of hydrogen-bond acceptors (Lipinski definition) is 4. The largest absolute Gasteiger partial charge is 0.494 e. The van der Waals surface area contributed by atoms with Gasteiger partial charge in [0.05, 0.1) is 18.9 Å². The lowest BCUT2D eigenvalue weighted by Crippen LogP contribution is -2.46. The zero-order valence-corrected chi connectivity index (χ0v) is 11.2. The van der Waals surface area contributed by atoms with Crippen molar-refractivity contribution in [2.24, 2.45) is 5.73 Å². The normalized spacial score (nSPS) is 13.8. The number of methoxy groups -OCH3 is 1. The van der Waals surface area contributed by atoms with Gasteiger partial charge in [-0.2, -0.15) is 0 Å². The quantitative estimate of drug-likeness (QED) is 0.799. The average molecular weight is 251 g/mol. The minimum absolute atomic E-state index is 0.160. The molecule has 1 amide bonds. The predicted molar refractivity (Wildman–Crippen MR) is 70.6 cm³/mol. The summed E-state index contributed by atoms with van der Waals surface area (Å²) in [6, 6.07) is 1.65. The second-order valence-corrected chi connectivity index (χ2v) is 4.48.